The Balaban J connectivity index is 1.95. The number of aliphatic hydroxyl groups excluding tert-OH is 1. The molecule has 0 spiro atoms. The first-order valence-electron chi connectivity index (χ1n) is 5.47. The van der Waals surface area contributed by atoms with Crippen molar-refractivity contribution in [3.8, 4) is 0 Å². The number of hydrogen-bond donors (Lipinski definition) is 1. The van der Waals surface area contributed by atoms with Crippen LogP contribution in [0.2, 0.25) is 0 Å². The van der Waals surface area contributed by atoms with Crippen molar-refractivity contribution in [1.29, 1.82) is 0 Å². The SMILES string of the molecule is O=[N+]([O-])c1cnn(CC(O)Cn2cc([N+](=O)[O-])cn2)c1. The highest BCUT2D eigenvalue weighted by Gasteiger charge is 2.14. The topological polar surface area (TPSA) is 142 Å². The zero-order chi connectivity index (χ0) is 14.7. The summed E-state index contributed by atoms with van der Waals surface area (Å²) in [5, 5.41) is 38.2. The zero-order valence-electron chi connectivity index (χ0n) is 10.1. The van der Waals surface area contributed by atoms with Gasteiger partial charge in [0.25, 0.3) is 0 Å². The van der Waals surface area contributed by atoms with E-state index in [1.54, 1.807) is 0 Å². The fraction of sp³-hybridized carbons (Fsp3) is 0.333. The molecule has 11 heteroatoms. The molecule has 1 N–H and O–H groups in total. The quantitative estimate of drug-likeness (QED) is 0.578. The lowest BCUT2D eigenvalue weighted by atomic mass is 10.3. The van der Waals surface area contributed by atoms with Gasteiger partial charge in [0, 0.05) is 0 Å². The van der Waals surface area contributed by atoms with E-state index < -0.39 is 16.0 Å². The Hall–Kier alpha value is -2.82. The second-order valence-electron chi connectivity index (χ2n) is 4.01. The number of nitrogens with zero attached hydrogens (tertiary/aromatic N) is 6. The van der Waals surface area contributed by atoms with Gasteiger partial charge in [0.2, 0.25) is 0 Å². The van der Waals surface area contributed by atoms with E-state index in [0.29, 0.717) is 0 Å². The molecule has 20 heavy (non-hydrogen) atoms. The van der Waals surface area contributed by atoms with Crippen molar-refractivity contribution < 1.29 is 15.0 Å². The van der Waals surface area contributed by atoms with Gasteiger partial charge in [-0.3, -0.25) is 29.6 Å². The largest absolute Gasteiger partial charge is 0.389 e. The van der Waals surface area contributed by atoms with Crippen molar-refractivity contribution in [2.75, 3.05) is 0 Å². The van der Waals surface area contributed by atoms with Gasteiger partial charge >= 0.3 is 11.4 Å². The Morgan fingerprint density at radius 3 is 1.75 bits per heavy atom. The molecule has 0 atom stereocenters. The third kappa shape index (κ3) is 3.14. The molecule has 0 amide bonds. The molecule has 0 radical (unpaired) electrons. The fourth-order valence-electron chi connectivity index (χ4n) is 1.58. The van der Waals surface area contributed by atoms with E-state index in [1.165, 1.54) is 21.8 Å². The van der Waals surface area contributed by atoms with Crippen LogP contribution in [-0.2, 0) is 13.1 Å². The molecule has 0 aliphatic rings. The first-order chi connectivity index (χ1) is 9.45. The number of aliphatic hydroxyl groups is 1. The molecular formula is C9H10N6O5. The minimum Gasteiger partial charge on any atom is -0.389 e. The first-order valence-corrected chi connectivity index (χ1v) is 5.47. The van der Waals surface area contributed by atoms with E-state index >= 15 is 0 Å². The highest BCUT2D eigenvalue weighted by atomic mass is 16.6. The van der Waals surface area contributed by atoms with E-state index in [9.17, 15) is 25.3 Å². The van der Waals surface area contributed by atoms with Gasteiger partial charge in [0.05, 0.1) is 29.0 Å². The maximum atomic E-state index is 10.5. The molecule has 0 aliphatic heterocycles. The van der Waals surface area contributed by atoms with E-state index in [4.69, 9.17) is 0 Å². The van der Waals surface area contributed by atoms with Crippen molar-refractivity contribution >= 4 is 11.4 Å². The van der Waals surface area contributed by atoms with E-state index in [1.807, 2.05) is 0 Å². The molecule has 0 aromatic carbocycles. The number of hydrogen-bond acceptors (Lipinski definition) is 7. The third-order valence-corrected chi connectivity index (χ3v) is 2.46. The van der Waals surface area contributed by atoms with Crippen molar-refractivity contribution in [2.24, 2.45) is 0 Å². The lowest BCUT2D eigenvalue weighted by molar-refractivity contribution is -0.385. The molecule has 2 aromatic heterocycles. The van der Waals surface area contributed by atoms with E-state index in [2.05, 4.69) is 10.2 Å². The van der Waals surface area contributed by atoms with Crippen LogP contribution in [0.1, 0.15) is 0 Å². The van der Waals surface area contributed by atoms with Gasteiger partial charge in [-0.1, -0.05) is 0 Å². The van der Waals surface area contributed by atoms with E-state index in [0.717, 1.165) is 12.4 Å². The van der Waals surface area contributed by atoms with Crippen LogP contribution in [0.15, 0.2) is 24.8 Å². The molecule has 0 bridgehead atoms. The fourth-order valence-corrected chi connectivity index (χ4v) is 1.58. The summed E-state index contributed by atoms with van der Waals surface area (Å²) in [5.41, 5.74) is -0.348. The van der Waals surface area contributed by atoms with Crippen molar-refractivity contribution in [3.63, 3.8) is 0 Å². The predicted octanol–water partition coefficient (Wildman–Crippen LogP) is -0.0429. The van der Waals surface area contributed by atoms with Crippen LogP contribution in [0.4, 0.5) is 11.4 Å². The molecule has 2 rings (SSSR count). The Labute approximate surface area is 111 Å². The minimum atomic E-state index is -0.936. The van der Waals surface area contributed by atoms with Crippen molar-refractivity contribution in [2.45, 2.75) is 19.2 Å². The first kappa shape index (κ1) is 13.6. The second-order valence-corrected chi connectivity index (χ2v) is 4.01. The zero-order valence-corrected chi connectivity index (χ0v) is 10.1. The summed E-state index contributed by atoms with van der Waals surface area (Å²) in [4.78, 5) is 19.8. The molecule has 0 unspecified atom stereocenters. The molecule has 0 fully saturated rings. The maximum absolute atomic E-state index is 10.5. The lowest BCUT2D eigenvalue weighted by Crippen LogP contribution is -2.22. The van der Waals surface area contributed by atoms with Crippen LogP contribution in [0.5, 0.6) is 0 Å². The van der Waals surface area contributed by atoms with Gasteiger partial charge in [-0.2, -0.15) is 10.2 Å². The second kappa shape index (κ2) is 5.44. The highest BCUT2D eigenvalue weighted by Crippen LogP contribution is 2.10. The van der Waals surface area contributed by atoms with Gasteiger partial charge in [-0.25, -0.2) is 0 Å². The summed E-state index contributed by atoms with van der Waals surface area (Å²) in [6, 6.07) is 0. The Kier molecular flexibility index (Phi) is 3.70. The molecule has 0 aliphatic carbocycles. The van der Waals surface area contributed by atoms with Gasteiger partial charge in [-0.15, -0.1) is 0 Å². The summed E-state index contributed by atoms with van der Waals surface area (Å²) in [7, 11) is 0. The van der Waals surface area contributed by atoms with Crippen molar-refractivity contribution in [1.82, 2.24) is 19.6 Å². The van der Waals surface area contributed by atoms with Crippen LogP contribution in [0.3, 0.4) is 0 Å². The lowest BCUT2D eigenvalue weighted by Gasteiger charge is -2.09. The maximum Gasteiger partial charge on any atom is 0.306 e. The molecule has 0 saturated heterocycles. The average Bonchev–Trinajstić information content (AvgIpc) is 2.98. The summed E-state index contributed by atoms with van der Waals surface area (Å²) in [6.45, 7) is 0.0307. The minimum absolute atomic E-state index is 0.0154. The summed E-state index contributed by atoms with van der Waals surface area (Å²) in [5.74, 6) is 0. The number of rotatable bonds is 6. The summed E-state index contributed by atoms with van der Waals surface area (Å²) >= 11 is 0. The van der Waals surface area contributed by atoms with E-state index in [-0.39, 0.29) is 24.5 Å². The molecular weight excluding hydrogens is 272 g/mol. The Morgan fingerprint density at radius 1 is 1.05 bits per heavy atom. The summed E-state index contributed by atoms with van der Waals surface area (Å²) < 4.78 is 2.45. The van der Waals surface area contributed by atoms with Crippen LogP contribution in [0.25, 0.3) is 0 Å². The standard InChI is InChI=1S/C9H10N6O5/c16-9(5-12-3-7(1-10-12)14(17)18)6-13-4-8(2-11-13)15(19)20/h1-4,9,16H,5-6H2. The van der Waals surface area contributed by atoms with Crippen LogP contribution >= 0.6 is 0 Å². The Morgan fingerprint density at radius 2 is 1.45 bits per heavy atom. The van der Waals surface area contributed by atoms with Crippen LogP contribution in [0, 0.1) is 20.2 Å². The van der Waals surface area contributed by atoms with Gasteiger partial charge in [-0.05, 0) is 0 Å². The van der Waals surface area contributed by atoms with Gasteiger partial charge in [0.15, 0.2) is 0 Å². The van der Waals surface area contributed by atoms with Gasteiger partial charge < -0.3 is 5.11 Å². The monoisotopic (exact) mass is 282 g/mol. The third-order valence-electron chi connectivity index (χ3n) is 2.46. The molecule has 11 nitrogen and oxygen atoms in total. The molecule has 2 heterocycles. The molecule has 106 valence electrons. The normalized spacial score (nSPS) is 10.9. The summed E-state index contributed by atoms with van der Waals surface area (Å²) in [6.07, 6.45) is 3.59. The smallest absolute Gasteiger partial charge is 0.306 e. The average molecular weight is 282 g/mol. The van der Waals surface area contributed by atoms with Crippen LogP contribution in [-0.4, -0.2) is 40.6 Å². The Bertz CT molecular complexity index is 580. The van der Waals surface area contributed by atoms with Crippen LogP contribution < -0.4 is 0 Å². The number of nitro groups is 2. The van der Waals surface area contributed by atoms with Gasteiger partial charge in [0.1, 0.15) is 24.8 Å². The predicted molar refractivity (Wildman–Crippen MR) is 63.8 cm³/mol. The number of aromatic nitrogens is 4. The molecule has 0 saturated carbocycles. The van der Waals surface area contributed by atoms with Crippen molar-refractivity contribution in [3.05, 3.63) is 45.0 Å². The highest BCUT2D eigenvalue weighted by molar-refractivity contribution is 5.21. The molecule has 2 aromatic rings.